The lowest BCUT2D eigenvalue weighted by molar-refractivity contribution is -0.133. The lowest BCUT2D eigenvalue weighted by Gasteiger charge is -2.24. The number of primary amides is 1. The molecule has 2 aromatic rings. The van der Waals surface area contributed by atoms with Crippen molar-refractivity contribution in [3.8, 4) is 0 Å². The number of aliphatic hydroxyl groups is 1. The first kappa shape index (κ1) is 22.7. The average Bonchev–Trinajstić information content (AvgIpc) is 3.38. The molecule has 168 valence electrons. The Kier molecular flexibility index (Phi) is 7.26. The van der Waals surface area contributed by atoms with Crippen LogP contribution in [0.3, 0.4) is 0 Å². The van der Waals surface area contributed by atoms with Crippen LogP contribution < -0.4 is 21.7 Å². The number of benzene rings is 1. The van der Waals surface area contributed by atoms with E-state index in [2.05, 4.69) is 20.9 Å². The lowest BCUT2D eigenvalue weighted by Crippen LogP contribution is -2.58. The summed E-state index contributed by atoms with van der Waals surface area (Å²) in [7, 11) is 1.58. The summed E-state index contributed by atoms with van der Waals surface area (Å²) in [5, 5.41) is 19.0. The van der Waals surface area contributed by atoms with Crippen molar-refractivity contribution in [1.82, 2.24) is 20.9 Å². The highest BCUT2D eigenvalue weighted by Gasteiger charge is 2.33. The molecule has 1 saturated heterocycles. The van der Waals surface area contributed by atoms with E-state index in [9.17, 15) is 19.5 Å². The van der Waals surface area contributed by atoms with Gasteiger partial charge in [-0.15, -0.1) is 0 Å². The number of hydrogen-bond acceptors (Lipinski definition) is 6. The SMILES string of the molecule is CO[C@H]1CN[C@H](C(=O)N[C@@H](Cc2c[nH]c3ccccc23)C(=O)N[C@H](C(N)=O)[C@@H](C)O)C1. The third kappa shape index (κ3) is 5.40. The van der Waals surface area contributed by atoms with Gasteiger partial charge in [0.2, 0.25) is 17.7 Å². The van der Waals surface area contributed by atoms with Crippen LogP contribution in [0.5, 0.6) is 0 Å². The molecule has 31 heavy (non-hydrogen) atoms. The number of hydrogen-bond donors (Lipinski definition) is 6. The van der Waals surface area contributed by atoms with Gasteiger partial charge in [-0.05, 0) is 25.0 Å². The predicted molar refractivity (Wildman–Crippen MR) is 114 cm³/mol. The summed E-state index contributed by atoms with van der Waals surface area (Å²) >= 11 is 0. The molecule has 5 atom stereocenters. The monoisotopic (exact) mass is 431 g/mol. The maximum Gasteiger partial charge on any atom is 0.243 e. The number of aromatic nitrogens is 1. The normalized spacial score (nSPS) is 21.4. The van der Waals surface area contributed by atoms with E-state index >= 15 is 0 Å². The van der Waals surface area contributed by atoms with E-state index in [0.29, 0.717) is 13.0 Å². The second-order valence-corrected chi connectivity index (χ2v) is 7.81. The van der Waals surface area contributed by atoms with Gasteiger partial charge in [0, 0.05) is 37.2 Å². The highest BCUT2D eigenvalue weighted by molar-refractivity contribution is 5.94. The van der Waals surface area contributed by atoms with Crippen LogP contribution in [0, 0.1) is 0 Å². The zero-order valence-electron chi connectivity index (χ0n) is 17.6. The van der Waals surface area contributed by atoms with Crippen molar-refractivity contribution in [3.63, 3.8) is 0 Å². The smallest absolute Gasteiger partial charge is 0.243 e. The van der Waals surface area contributed by atoms with Crippen molar-refractivity contribution in [3.05, 3.63) is 36.0 Å². The number of para-hydroxylation sites is 1. The van der Waals surface area contributed by atoms with Crippen LogP contribution in [0.4, 0.5) is 0 Å². The molecule has 0 unspecified atom stereocenters. The number of aliphatic hydroxyl groups excluding tert-OH is 1. The fourth-order valence-electron chi connectivity index (χ4n) is 3.77. The van der Waals surface area contributed by atoms with Crippen LogP contribution in [0.1, 0.15) is 18.9 Å². The second-order valence-electron chi connectivity index (χ2n) is 7.81. The van der Waals surface area contributed by atoms with Crippen molar-refractivity contribution >= 4 is 28.6 Å². The van der Waals surface area contributed by atoms with Crippen molar-refractivity contribution in [1.29, 1.82) is 0 Å². The zero-order valence-corrected chi connectivity index (χ0v) is 17.6. The molecule has 1 fully saturated rings. The van der Waals surface area contributed by atoms with Crippen LogP contribution in [-0.4, -0.2) is 71.8 Å². The number of amides is 3. The van der Waals surface area contributed by atoms with Crippen molar-refractivity contribution in [2.75, 3.05) is 13.7 Å². The Morgan fingerprint density at radius 2 is 2.03 bits per heavy atom. The third-order valence-electron chi connectivity index (χ3n) is 5.56. The highest BCUT2D eigenvalue weighted by Crippen LogP contribution is 2.19. The minimum absolute atomic E-state index is 0.0777. The zero-order chi connectivity index (χ0) is 22.5. The average molecular weight is 431 g/mol. The largest absolute Gasteiger partial charge is 0.391 e. The summed E-state index contributed by atoms with van der Waals surface area (Å²) in [6.07, 6.45) is 1.21. The fraction of sp³-hybridized carbons (Fsp3) is 0.476. The van der Waals surface area contributed by atoms with E-state index in [-0.39, 0.29) is 18.4 Å². The molecule has 1 aromatic carbocycles. The number of H-pyrrole nitrogens is 1. The van der Waals surface area contributed by atoms with Gasteiger partial charge in [-0.3, -0.25) is 14.4 Å². The quantitative estimate of drug-likeness (QED) is 0.296. The summed E-state index contributed by atoms with van der Waals surface area (Å²) in [6, 6.07) is 4.88. The second kappa shape index (κ2) is 9.90. The van der Waals surface area contributed by atoms with Gasteiger partial charge in [0.15, 0.2) is 0 Å². The van der Waals surface area contributed by atoms with E-state index in [1.54, 1.807) is 13.3 Å². The number of ether oxygens (including phenoxy) is 1. The summed E-state index contributed by atoms with van der Waals surface area (Å²) in [4.78, 5) is 40.6. The van der Waals surface area contributed by atoms with Gasteiger partial charge in [-0.1, -0.05) is 18.2 Å². The van der Waals surface area contributed by atoms with E-state index in [4.69, 9.17) is 10.5 Å². The fourth-order valence-corrected chi connectivity index (χ4v) is 3.77. The maximum absolute atomic E-state index is 13.0. The van der Waals surface area contributed by atoms with E-state index in [1.165, 1.54) is 6.92 Å². The van der Waals surface area contributed by atoms with Crippen LogP contribution in [0.15, 0.2) is 30.5 Å². The number of carbonyl (C=O) groups is 3. The molecule has 3 amide bonds. The maximum atomic E-state index is 13.0. The molecule has 0 bridgehead atoms. The molecule has 0 saturated carbocycles. The molecule has 2 heterocycles. The molecule has 10 heteroatoms. The van der Waals surface area contributed by atoms with Gasteiger partial charge < -0.3 is 36.5 Å². The van der Waals surface area contributed by atoms with Gasteiger partial charge >= 0.3 is 0 Å². The minimum atomic E-state index is -1.27. The van der Waals surface area contributed by atoms with Crippen molar-refractivity contribution in [2.45, 2.75) is 50.1 Å². The number of rotatable bonds is 9. The molecule has 1 aliphatic heterocycles. The molecule has 7 N–H and O–H groups in total. The van der Waals surface area contributed by atoms with Crippen LogP contribution in [0.2, 0.25) is 0 Å². The molecular formula is C21H29N5O5. The van der Waals surface area contributed by atoms with Gasteiger partial charge in [-0.2, -0.15) is 0 Å². The van der Waals surface area contributed by atoms with Crippen LogP contribution in [0.25, 0.3) is 10.9 Å². The van der Waals surface area contributed by atoms with Gasteiger partial charge in [-0.25, -0.2) is 0 Å². The number of nitrogens with one attached hydrogen (secondary N) is 4. The summed E-state index contributed by atoms with van der Waals surface area (Å²) < 4.78 is 5.28. The molecule has 0 aliphatic carbocycles. The Morgan fingerprint density at radius 3 is 2.68 bits per heavy atom. The number of aromatic amines is 1. The Hall–Kier alpha value is -2.95. The molecular weight excluding hydrogens is 402 g/mol. The lowest BCUT2D eigenvalue weighted by atomic mass is 10.0. The Labute approximate surface area is 179 Å². The number of nitrogens with two attached hydrogens (primary N) is 1. The first-order chi connectivity index (χ1) is 14.8. The standard InChI is InChI=1S/C21H29N5O5/c1-11(27)18(19(22)28)26-21(30)17(25-20(29)16-8-13(31-2)10-24-16)7-12-9-23-15-6-4-3-5-14(12)15/h3-6,9,11,13,16-18,23-24,27H,7-8,10H2,1-2H3,(H2,22,28)(H,25,29)(H,26,30)/t11-,13-,16+,17+,18+/m1/s1. The van der Waals surface area contributed by atoms with Gasteiger partial charge in [0.05, 0.1) is 18.2 Å². The molecule has 10 nitrogen and oxygen atoms in total. The van der Waals surface area contributed by atoms with Crippen molar-refractivity contribution < 1.29 is 24.2 Å². The number of fused-ring (bicyclic) bond motifs is 1. The first-order valence-electron chi connectivity index (χ1n) is 10.2. The van der Waals surface area contributed by atoms with Crippen LogP contribution in [-0.2, 0) is 25.5 Å². The molecule has 1 aromatic heterocycles. The summed E-state index contributed by atoms with van der Waals surface area (Å²) in [5.41, 5.74) is 7.03. The molecule has 3 rings (SSSR count). The molecule has 1 aliphatic rings. The summed E-state index contributed by atoms with van der Waals surface area (Å²) in [5.74, 6) is -1.81. The van der Waals surface area contributed by atoms with E-state index in [0.717, 1.165) is 16.5 Å². The Balaban J connectivity index is 1.80. The number of carbonyl (C=O) groups excluding carboxylic acids is 3. The van der Waals surface area contributed by atoms with Crippen LogP contribution >= 0.6 is 0 Å². The minimum Gasteiger partial charge on any atom is -0.391 e. The topological polar surface area (TPSA) is 159 Å². The van der Waals surface area contributed by atoms with E-state index < -0.39 is 36.0 Å². The molecule has 0 radical (unpaired) electrons. The Morgan fingerprint density at radius 1 is 1.29 bits per heavy atom. The van der Waals surface area contributed by atoms with Crippen molar-refractivity contribution in [2.24, 2.45) is 5.73 Å². The van der Waals surface area contributed by atoms with Gasteiger partial charge in [0.1, 0.15) is 12.1 Å². The third-order valence-corrected chi connectivity index (χ3v) is 5.56. The van der Waals surface area contributed by atoms with E-state index in [1.807, 2.05) is 24.3 Å². The number of methoxy groups -OCH3 is 1. The Bertz CT molecular complexity index is 943. The highest BCUT2D eigenvalue weighted by atomic mass is 16.5. The van der Waals surface area contributed by atoms with Gasteiger partial charge in [0.25, 0.3) is 0 Å². The summed E-state index contributed by atoms with van der Waals surface area (Å²) in [6.45, 7) is 1.90. The molecule has 0 spiro atoms. The predicted octanol–water partition coefficient (Wildman–Crippen LogP) is -1.08. The first-order valence-corrected chi connectivity index (χ1v) is 10.2.